The zero-order valence-corrected chi connectivity index (χ0v) is 6.24. The van der Waals surface area contributed by atoms with Crippen LogP contribution in [0.5, 0.6) is 0 Å². The van der Waals surface area contributed by atoms with Gasteiger partial charge in [0.1, 0.15) is 5.44 Å². The molecule has 1 fully saturated rings. The molecule has 2 nitrogen and oxygen atoms in total. The maximum absolute atomic E-state index is 10.5. The maximum Gasteiger partial charge on any atom is 0.188 e. The summed E-state index contributed by atoms with van der Waals surface area (Å²) in [5, 5.41) is 0.155. The van der Waals surface area contributed by atoms with Gasteiger partial charge in [0.15, 0.2) is 5.12 Å². The maximum atomic E-state index is 10.5. The standard InChI is InChI=1S/C6H10O2S/c1-5(7)9-6-3-2-4-8-6/h6H,2-4H2,1H3. The first-order valence-electron chi connectivity index (χ1n) is 3.08. The molecule has 1 aliphatic rings. The number of carbonyl (C=O) groups is 1. The molecular formula is C6H10O2S. The van der Waals surface area contributed by atoms with E-state index in [0.717, 1.165) is 19.4 Å². The van der Waals surface area contributed by atoms with Crippen molar-refractivity contribution in [1.82, 2.24) is 0 Å². The van der Waals surface area contributed by atoms with Gasteiger partial charge >= 0.3 is 0 Å². The van der Waals surface area contributed by atoms with Crippen molar-refractivity contribution in [3.8, 4) is 0 Å². The molecule has 9 heavy (non-hydrogen) atoms. The van der Waals surface area contributed by atoms with Gasteiger partial charge in [-0.25, -0.2) is 0 Å². The van der Waals surface area contributed by atoms with Crippen LogP contribution in [0.2, 0.25) is 0 Å². The molecule has 1 heterocycles. The Morgan fingerprint density at radius 2 is 2.56 bits per heavy atom. The van der Waals surface area contributed by atoms with Crippen molar-refractivity contribution in [2.24, 2.45) is 0 Å². The van der Waals surface area contributed by atoms with E-state index in [9.17, 15) is 4.79 Å². The van der Waals surface area contributed by atoms with Gasteiger partial charge in [-0.05, 0) is 12.8 Å². The summed E-state index contributed by atoms with van der Waals surface area (Å²) in [5.74, 6) is 0. The Bertz CT molecular complexity index is 108. The van der Waals surface area contributed by atoms with Crippen LogP contribution in [0.15, 0.2) is 0 Å². The summed E-state index contributed by atoms with van der Waals surface area (Å²) >= 11 is 1.30. The minimum absolute atomic E-state index is 0.155. The molecule has 0 N–H and O–H groups in total. The Kier molecular flexibility index (Phi) is 2.54. The lowest BCUT2D eigenvalue weighted by Gasteiger charge is -2.03. The summed E-state index contributed by atoms with van der Waals surface area (Å²) < 4.78 is 5.21. The molecule has 1 saturated heterocycles. The zero-order valence-electron chi connectivity index (χ0n) is 5.42. The molecule has 0 aromatic carbocycles. The van der Waals surface area contributed by atoms with Gasteiger partial charge in [-0.2, -0.15) is 0 Å². The van der Waals surface area contributed by atoms with Crippen LogP contribution in [0.3, 0.4) is 0 Å². The van der Waals surface area contributed by atoms with Crippen LogP contribution >= 0.6 is 11.8 Å². The van der Waals surface area contributed by atoms with Crippen molar-refractivity contribution < 1.29 is 9.53 Å². The van der Waals surface area contributed by atoms with Crippen molar-refractivity contribution >= 4 is 16.9 Å². The van der Waals surface area contributed by atoms with E-state index in [1.165, 1.54) is 11.8 Å². The Labute approximate surface area is 59.0 Å². The van der Waals surface area contributed by atoms with Crippen LogP contribution in [0.25, 0.3) is 0 Å². The molecule has 0 spiro atoms. The molecule has 0 radical (unpaired) electrons. The van der Waals surface area contributed by atoms with Gasteiger partial charge in [0, 0.05) is 13.5 Å². The summed E-state index contributed by atoms with van der Waals surface area (Å²) in [7, 11) is 0. The Hall–Kier alpha value is -0.0200. The number of thioether (sulfide) groups is 1. The third-order valence-corrected chi connectivity index (χ3v) is 2.15. The highest BCUT2D eigenvalue weighted by atomic mass is 32.2. The molecule has 0 bridgehead atoms. The average molecular weight is 146 g/mol. The first-order valence-corrected chi connectivity index (χ1v) is 3.96. The van der Waals surface area contributed by atoms with E-state index in [4.69, 9.17) is 4.74 Å². The fraction of sp³-hybridized carbons (Fsp3) is 0.833. The summed E-state index contributed by atoms with van der Waals surface area (Å²) in [6.07, 6.45) is 2.13. The van der Waals surface area contributed by atoms with Crippen LogP contribution in [-0.2, 0) is 9.53 Å². The van der Waals surface area contributed by atoms with Crippen LogP contribution in [-0.4, -0.2) is 17.2 Å². The molecule has 0 aromatic rings. The Morgan fingerprint density at radius 3 is 3.00 bits per heavy atom. The second-order valence-corrected chi connectivity index (χ2v) is 3.39. The zero-order chi connectivity index (χ0) is 6.69. The predicted octanol–water partition coefficient (Wildman–Crippen LogP) is 1.40. The van der Waals surface area contributed by atoms with Gasteiger partial charge in [-0.1, -0.05) is 11.8 Å². The van der Waals surface area contributed by atoms with Gasteiger partial charge in [0.25, 0.3) is 0 Å². The molecule has 1 atom stereocenters. The van der Waals surface area contributed by atoms with Crippen molar-refractivity contribution in [3.05, 3.63) is 0 Å². The average Bonchev–Trinajstić information content (AvgIpc) is 2.15. The highest BCUT2D eigenvalue weighted by Gasteiger charge is 2.17. The number of carbonyl (C=O) groups excluding carboxylic acids is 1. The van der Waals surface area contributed by atoms with Crippen molar-refractivity contribution in [3.63, 3.8) is 0 Å². The number of hydrogen-bond acceptors (Lipinski definition) is 3. The van der Waals surface area contributed by atoms with Gasteiger partial charge in [-0.15, -0.1) is 0 Å². The summed E-state index contributed by atoms with van der Waals surface area (Å²) in [6.45, 7) is 2.40. The number of rotatable bonds is 1. The molecule has 0 aliphatic carbocycles. The lowest BCUT2D eigenvalue weighted by atomic mass is 10.4. The molecule has 0 aromatic heterocycles. The highest BCUT2D eigenvalue weighted by molar-refractivity contribution is 8.13. The molecule has 0 saturated carbocycles. The van der Waals surface area contributed by atoms with E-state index < -0.39 is 0 Å². The number of ether oxygens (including phenoxy) is 1. The summed E-state index contributed by atoms with van der Waals surface area (Å²) in [6, 6.07) is 0. The fourth-order valence-electron chi connectivity index (χ4n) is 0.826. The topological polar surface area (TPSA) is 26.3 Å². The molecule has 1 aliphatic heterocycles. The predicted molar refractivity (Wildman–Crippen MR) is 37.2 cm³/mol. The number of hydrogen-bond donors (Lipinski definition) is 0. The first kappa shape index (κ1) is 7.09. The third-order valence-electron chi connectivity index (χ3n) is 1.19. The van der Waals surface area contributed by atoms with E-state index in [2.05, 4.69) is 0 Å². The molecule has 52 valence electrons. The van der Waals surface area contributed by atoms with E-state index in [1.807, 2.05) is 0 Å². The Morgan fingerprint density at radius 1 is 1.78 bits per heavy atom. The second-order valence-electron chi connectivity index (χ2n) is 2.05. The molecule has 3 heteroatoms. The molecular weight excluding hydrogens is 136 g/mol. The van der Waals surface area contributed by atoms with Gasteiger partial charge in [0.2, 0.25) is 0 Å². The summed E-state index contributed by atoms with van der Waals surface area (Å²) in [4.78, 5) is 10.5. The Balaban J connectivity index is 2.19. The van der Waals surface area contributed by atoms with Crippen molar-refractivity contribution in [1.29, 1.82) is 0 Å². The van der Waals surface area contributed by atoms with Gasteiger partial charge < -0.3 is 4.74 Å². The molecule has 0 amide bonds. The minimum atomic E-state index is 0.155. The van der Waals surface area contributed by atoms with Gasteiger partial charge in [-0.3, -0.25) is 4.79 Å². The highest BCUT2D eigenvalue weighted by Crippen LogP contribution is 2.23. The van der Waals surface area contributed by atoms with Crippen molar-refractivity contribution in [2.75, 3.05) is 6.61 Å². The molecule has 1 unspecified atom stereocenters. The first-order chi connectivity index (χ1) is 4.29. The van der Waals surface area contributed by atoms with E-state index in [1.54, 1.807) is 6.92 Å². The van der Waals surface area contributed by atoms with E-state index >= 15 is 0 Å². The van der Waals surface area contributed by atoms with Crippen molar-refractivity contribution in [2.45, 2.75) is 25.2 Å². The van der Waals surface area contributed by atoms with Crippen LogP contribution in [0, 0.1) is 0 Å². The second kappa shape index (κ2) is 3.22. The van der Waals surface area contributed by atoms with E-state index in [0.29, 0.717) is 0 Å². The normalized spacial score (nSPS) is 26.6. The fourth-order valence-corrected chi connectivity index (χ4v) is 1.65. The minimum Gasteiger partial charge on any atom is -0.367 e. The monoisotopic (exact) mass is 146 g/mol. The van der Waals surface area contributed by atoms with E-state index in [-0.39, 0.29) is 10.6 Å². The third kappa shape index (κ3) is 2.37. The smallest absolute Gasteiger partial charge is 0.188 e. The summed E-state index contributed by atoms with van der Waals surface area (Å²) in [5.41, 5.74) is 0.155. The quantitative estimate of drug-likeness (QED) is 0.559. The van der Waals surface area contributed by atoms with Crippen LogP contribution in [0.1, 0.15) is 19.8 Å². The SMILES string of the molecule is CC(=O)SC1CCCO1. The molecule has 1 rings (SSSR count). The largest absolute Gasteiger partial charge is 0.367 e. The van der Waals surface area contributed by atoms with Gasteiger partial charge in [0.05, 0.1) is 0 Å². The lowest BCUT2D eigenvalue weighted by Crippen LogP contribution is -2.00. The van der Waals surface area contributed by atoms with Crippen LogP contribution < -0.4 is 0 Å². The lowest BCUT2D eigenvalue weighted by molar-refractivity contribution is -0.109. The van der Waals surface area contributed by atoms with Crippen LogP contribution in [0.4, 0.5) is 0 Å².